The van der Waals surface area contributed by atoms with E-state index in [1.807, 2.05) is 38.1 Å². The van der Waals surface area contributed by atoms with Crippen molar-refractivity contribution in [1.29, 1.82) is 0 Å². The molecule has 0 fully saturated rings. The molecule has 0 bridgehead atoms. The van der Waals surface area contributed by atoms with Crippen molar-refractivity contribution in [3.8, 4) is 11.5 Å². The number of rotatable bonds is 11. The van der Waals surface area contributed by atoms with E-state index in [-0.39, 0.29) is 22.6 Å². The molecule has 3 aromatic rings. The van der Waals surface area contributed by atoms with Crippen molar-refractivity contribution < 1.29 is 29.6 Å². The van der Waals surface area contributed by atoms with Gasteiger partial charge in [-0.1, -0.05) is 83.7 Å². The number of hydrogen-bond donors (Lipinski definition) is 3. The van der Waals surface area contributed by atoms with Crippen LogP contribution in [0.4, 0.5) is 0 Å². The normalized spacial score (nSPS) is 13.8. The number of phenolic OH excluding ortho intramolecular Hbond substituents is 2. The number of carbonyl (C=O) groups excluding carboxylic acids is 1. The molecule has 0 amide bonds. The highest BCUT2D eigenvalue weighted by molar-refractivity contribution is 5.99. The maximum Gasteiger partial charge on any atom is 0.340 e. The van der Waals surface area contributed by atoms with Gasteiger partial charge in [-0.15, -0.1) is 0 Å². The molecule has 4 rings (SSSR count). The van der Waals surface area contributed by atoms with E-state index in [1.54, 1.807) is 6.07 Å². The Morgan fingerprint density at radius 3 is 1.62 bits per heavy atom. The highest BCUT2D eigenvalue weighted by atomic mass is 16.6. The lowest BCUT2D eigenvalue weighted by molar-refractivity contribution is 0.0244. The van der Waals surface area contributed by atoms with Crippen LogP contribution in [0.5, 0.6) is 11.5 Å². The van der Waals surface area contributed by atoms with Gasteiger partial charge in [0.25, 0.3) is 0 Å². The first kappa shape index (κ1) is 28.2. The zero-order valence-electron chi connectivity index (χ0n) is 23.3. The number of cyclic esters (lactones) is 1. The Kier molecular flexibility index (Phi) is 8.34. The Bertz CT molecular complexity index is 1340. The van der Waals surface area contributed by atoms with E-state index in [1.165, 1.54) is 12.1 Å². The second-order valence-electron chi connectivity index (χ2n) is 10.3. The molecule has 1 heterocycles. The Balaban J connectivity index is 2.15. The Morgan fingerprint density at radius 2 is 1.18 bits per heavy atom. The summed E-state index contributed by atoms with van der Waals surface area (Å²) in [5, 5.41) is 32.5. The number of phenols is 2. The van der Waals surface area contributed by atoms with Crippen molar-refractivity contribution in [2.45, 2.75) is 84.7 Å². The topological polar surface area (TPSA) is 104 Å². The molecule has 0 aliphatic carbocycles. The van der Waals surface area contributed by atoms with Crippen LogP contribution in [0.25, 0.3) is 0 Å². The maximum atomic E-state index is 13.5. The first-order valence-corrected chi connectivity index (χ1v) is 14.0. The average molecular weight is 531 g/mol. The molecule has 0 atom stereocenters. The molecule has 39 heavy (non-hydrogen) atoms. The molecule has 0 spiro atoms. The number of aryl methyl sites for hydroxylation is 2. The fraction of sp³-hybridized carbons (Fsp3) is 0.394. The first-order valence-electron chi connectivity index (χ1n) is 14.0. The monoisotopic (exact) mass is 530 g/mol. The van der Waals surface area contributed by atoms with Gasteiger partial charge in [0.15, 0.2) is 5.60 Å². The summed E-state index contributed by atoms with van der Waals surface area (Å²) in [5.74, 6) is -1.37. The van der Waals surface area contributed by atoms with E-state index in [0.29, 0.717) is 53.5 Å². The van der Waals surface area contributed by atoms with Gasteiger partial charge in [0.1, 0.15) is 11.5 Å². The number of aromatic hydroxyl groups is 2. The minimum Gasteiger partial charge on any atom is -0.507 e. The highest BCUT2D eigenvalue weighted by Gasteiger charge is 2.51. The lowest BCUT2D eigenvalue weighted by Gasteiger charge is -2.35. The molecular weight excluding hydrogens is 492 g/mol. The quantitative estimate of drug-likeness (QED) is 0.229. The third kappa shape index (κ3) is 4.77. The van der Waals surface area contributed by atoms with Crippen LogP contribution >= 0.6 is 0 Å². The summed E-state index contributed by atoms with van der Waals surface area (Å²) in [7, 11) is 0. The van der Waals surface area contributed by atoms with Gasteiger partial charge >= 0.3 is 11.9 Å². The van der Waals surface area contributed by atoms with Crippen molar-refractivity contribution in [2.75, 3.05) is 0 Å². The summed E-state index contributed by atoms with van der Waals surface area (Å²) < 4.78 is 6.36. The second kappa shape index (κ2) is 11.5. The van der Waals surface area contributed by atoms with Gasteiger partial charge in [-0.05, 0) is 48.9 Å². The van der Waals surface area contributed by atoms with Crippen LogP contribution in [0, 0.1) is 0 Å². The average Bonchev–Trinajstić information content (AvgIpc) is 3.21. The van der Waals surface area contributed by atoms with Crippen molar-refractivity contribution in [1.82, 2.24) is 0 Å². The number of benzene rings is 3. The summed E-state index contributed by atoms with van der Waals surface area (Å²) in [4.78, 5) is 25.3. The Hall–Kier alpha value is -3.80. The molecule has 1 aliphatic rings. The summed E-state index contributed by atoms with van der Waals surface area (Å²) in [5.41, 5.74) is 3.56. The summed E-state index contributed by atoms with van der Waals surface area (Å²) in [6.07, 6.45) is 5.79. The molecule has 0 unspecified atom stereocenters. The van der Waals surface area contributed by atoms with Crippen LogP contribution in [-0.4, -0.2) is 27.3 Å². The number of fused-ring (bicyclic) bond motifs is 1. The van der Waals surface area contributed by atoms with Gasteiger partial charge in [-0.3, -0.25) is 0 Å². The molecule has 0 aromatic heterocycles. The Labute approximate surface area is 230 Å². The number of hydrogen-bond acceptors (Lipinski definition) is 5. The molecule has 3 aromatic carbocycles. The number of esters is 1. The fourth-order valence-electron chi connectivity index (χ4n) is 5.92. The van der Waals surface area contributed by atoms with Crippen LogP contribution < -0.4 is 0 Å². The smallest absolute Gasteiger partial charge is 0.340 e. The van der Waals surface area contributed by atoms with Crippen LogP contribution in [0.3, 0.4) is 0 Å². The molecule has 0 saturated carbocycles. The molecule has 6 nitrogen and oxygen atoms in total. The van der Waals surface area contributed by atoms with E-state index in [9.17, 15) is 24.9 Å². The van der Waals surface area contributed by atoms with E-state index < -0.39 is 17.5 Å². The summed E-state index contributed by atoms with van der Waals surface area (Å²) in [6.45, 7) is 8.18. The van der Waals surface area contributed by atoms with Crippen molar-refractivity contribution in [2.24, 2.45) is 0 Å². The number of aromatic carboxylic acids is 1. The van der Waals surface area contributed by atoms with Crippen LogP contribution in [0.15, 0.2) is 42.5 Å². The van der Waals surface area contributed by atoms with Gasteiger partial charge in [0.2, 0.25) is 0 Å². The molecule has 206 valence electrons. The van der Waals surface area contributed by atoms with Gasteiger partial charge in [-0.25, -0.2) is 9.59 Å². The standard InChI is InChI=1S/C33H38O6/c1-5-9-20-13-16-26(23(11-7-3)29(20)34)33(27-17-14-21(10-6-2)30(35)24(27)12-8-4)28-18-15-22(31(36)37)19-25(28)32(38)39-33/h13-19,34-35H,5-12H2,1-4H3,(H,36,37). The van der Waals surface area contributed by atoms with E-state index in [2.05, 4.69) is 13.8 Å². The molecule has 0 radical (unpaired) electrons. The van der Waals surface area contributed by atoms with Gasteiger partial charge < -0.3 is 20.1 Å². The molecule has 3 N–H and O–H groups in total. The zero-order valence-corrected chi connectivity index (χ0v) is 23.3. The van der Waals surface area contributed by atoms with Crippen LogP contribution in [0.2, 0.25) is 0 Å². The molecular formula is C33H38O6. The number of ether oxygens (including phenoxy) is 1. The zero-order chi connectivity index (χ0) is 28.3. The summed E-state index contributed by atoms with van der Waals surface area (Å²) in [6, 6.07) is 12.1. The van der Waals surface area contributed by atoms with Crippen molar-refractivity contribution in [3.05, 3.63) is 92.5 Å². The molecule has 0 saturated heterocycles. The lowest BCUT2D eigenvalue weighted by atomic mass is 9.73. The van der Waals surface area contributed by atoms with Crippen molar-refractivity contribution in [3.63, 3.8) is 0 Å². The van der Waals surface area contributed by atoms with Crippen LogP contribution in [0.1, 0.15) is 113 Å². The highest BCUT2D eigenvalue weighted by Crippen LogP contribution is 2.52. The minimum atomic E-state index is -1.46. The SMILES string of the molecule is CCCc1ccc(C2(c3ccc(CCC)c(O)c3CCC)OC(=O)c3cc(C(=O)O)ccc32)c(CCC)c1O. The number of carboxylic acids is 1. The predicted molar refractivity (Wildman–Crippen MR) is 151 cm³/mol. The molecule has 1 aliphatic heterocycles. The second-order valence-corrected chi connectivity index (χ2v) is 10.3. The largest absolute Gasteiger partial charge is 0.507 e. The van der Waals surface area contributed by atoms with Crippen LogP contribution in [-0.2, 0) is 36.0 Å². The number of carboxylic acid groups (broad SMARTS) is 1. The van der Waals surface area contributed by atoms with Gasteiger partial charge in [0.05, 0.1) is 11.1 Å². The van der Waals surface area contributed by atoms with Crippen molar-refractivity contribution >= 4 is 11.9 Å². The van der Waals surface area contributed by atoms with E-state index in [4.69, 9.17) is 4.74 Å². The van der Waals surface area contributed by atoms with E-state index >= 15 is 0 Å². The predicted octanol–water partition coefficient (Wildman–Crippen LogP) is 7.07. The third-order valence-electron chi connectivity index (χ3n) is 7.64. The number of carbonyl (C=O) groups is 2. The summed E-state index contributed by atoms with van der Waals surface area (Å²) >= 11 is 0. The van der Waals surface area contributed by atoms with Gasteiger partial charge in [-0.2, -0.15) is 0 Å². The van der Waals surface area contributed by atoms with Gasteiger partial charge in [0, 0.05) is 27.8 Å². The lowest BCUT2D eigenvalue weighted by Crippen LogP contribution is -2.32. The Morgan fingerprint density at radius 1 is 0.718 bits per heavy atom. The maximum absolute atomic E-state index is 13.5. The minimum absolute atomic E-state index is 0.00801. The third-order valence-corrected chi connectivity index (χ3v) is 7.64. The molecule has 6 heteroatoms. The first-order chi connectivity index (χ1) is 18.7. The fourth-order valence-corrected chi connectivity index (χ4v) is 5.92. The van der Waals surface area contributed by atoms with E-state index in [0.717, 1.165) is 36.8 Å².